The molecule has 0 bridgehead atoms. The molecule has 0 aliphatic carbocycles. The van der Waals surface area contributed by atoms with E-state index in [1.54, 1.807) is 25.1 Å². The number of hydroxylamine groups is 1. The topological polar surface area (TPSA) is 38.3 Å². The van der Waals surface area contributed by atoms with Crippen LogP contribution < -0.4 is 5.48 Å². The van der Waals surface area contributed by atoms with Crippen molar-refractivity contribution in [2.45, 2.75) is 6.92 Å². The van der Waals surface area contributed by atoms with Crippen LogP contribution in [0.25, 0.3) is 0 Å². The van der Waals surface area contributed by atoms with Crippen molar-refractivity contribution in [3.05, 3.63) is 34.3 Å². The highest BCUT2D eigenvalue weighted by atomic mass is 35.5. The van der Waals surface area contributed by atoms with Crippen molar-refractivity contribution < 1.29 is 9.63 Å². The Balaban J connectivity index is 3.01. The summed E-state index contributed by atoms with van der Waals surface area (Å²) in [5.41, 5.74) is 3.50. The van der Waals surface area contributed by atoms with Crippen molar-refractivity contribution in [1.82, 2.24) is 5.48 Å². The Bertz CT molecular complexity index is 325. The van der Waals surface area contributed by atoms with Gasteiger partial charge in [0.2, 0.25) is 0 Å². The largest absolute Gasteiger partial charge is 0.277 e. The van der Waals surface area contributed by atoms with Crippen molar-refractivity contribution in [1.29, 1.82) is 0 Å². The van der Waals surface area contributed by atoms with E-state index in [0.29, 0.717) is 10.6 Å². The van der Waals surface area contributed by atoms with Gasteiger partial charge in [-0.15, -0.1) is 0 Å². The van der Waals surface area contributed by atoms with E-state index in [-0.39, 0.29) is 5.91 Å². The minimum Gasteiger partial charge on any atom is -0.277 e. The molecule has 0 aromatic heterocycles. The van der Waals surface area contributed by atoms with Crippen LogP contribution in [0.5, 0.6) is 0 Å². The van der Waals surface area contributed by atoms with Crippen molar-refractivity contribution in [2.75, 3.05) is 7.11 Å². The quantitative estimate of drug-likeness (QED) is 0.740. The fourth-order valence-corrected chi connectivity index (χ4v) is 1.18. The zero-order valence-electron chi connectivity index (χ0n) is 7.43. The average molecular weight is 200 g/mol. The summed E-state index contributed by atoms with van der Waals surface area (Å²) in [7, 11) is 1.39. The van der Waals surface area contributed by atoms with E-state index in [4.69, 9.17) is 11.6 Å². The predicted molar refractivity (Wildman–Crippen MR) is 50.7 cm³/mol. The highest BCUT2D eigenvalue weighted by Gasteiger charge is 2.09. The second kappa shape index (κ2) is 4.25. The molecule has 1 aromatic rings. The van der Waals surface area contributed by atoms with Crippen LogP contribution in [0, 0.1) is 6.92 Å². The molecule has 0 saturated carbocycles. The summed E-state index contributed by atoms with van der Waals surface area (Å²) in [6, 6.07) is 5.15. The lowest BCUT2D eigenvalue weighted by atomic mass is 10.1. The molecule has 1 N–H and O–H groups in total. The normalized spacial score (nSPS) is 9.77. The number of nitrogens with one attached hydrogen (secondary N) is 1. The van der Waals surface area contributed by atoms with Gasteiger partial charge in [0.25, 0.3) is 5.91 Å². The second-order valence-corrected chi connectivity index (χ2v) is 2.95. The van der Waals surface area contributed by atoms with Crippen LogP contribution in [0.3, 0.4) is 0 Å². The van der Waals surface area contributed by atoms with Crippen molar-refractivity contribution >= 4 is 17.5 Å². The van der Waals surface area contributed by atoms with Gasteiger partial charge >= 0.3 is 0 Å². The number of hydrogen-bond donors (Lipinski definition) is 1. The molecule has 0 spiro atoms. The average Bonchev–Trinajstić information content (AvgIpc) is 2.10. The minimum absolute atomic E-state index is 0.289. The molecular weight excluding hydrogens is 190 g/mol. The fraction of sp³-hybridized carbons (Fsp3) is 0.222. The maximum Gasteiger partial charge on any atom is 0.275 e. The number of rotatable bonds is 2. The van der Waals surface area contributed by atoms with E-state index in [1.807, 2.05) is 0 Å². The van der Waals surface area contributed by atoms with E-state index >= 15 is 0 Å². The summed E-state index contributed by atoms with van der Waals surface area (Å²) in [6.45, 7) is 1.78. The van der Waals surface area contributed by atoms with E-state index in [9.17, 15) is 4.79 Å². The lowest BCUT2D eigenvalue weighted by Gasteiger charge is -2.06. The molecule has 1 amide bonds. The SMILES string of the molecule is CONC(=O)c1cccc(Cl)c1C. The molecular formula is C9H10ClNO2. The van der Waals surface area contributed by atoms with Gasteiger partial charge in [0, 0.05) is 10.6 Å². The van der Waals surface area contributed by atoms with Crippen LogP contribution in [-0.4, -0.2) is 13.0 Å². The highest BCUT2D eigenvalue weighted by Crippen LogP contribution is 2.18. The zero-order chi connectivity index (χ0) is 9.84. The molecule has 70 valence electrons. The van der Waals surface area contributed by atoms with Gasteiger partial charge in [-0.2, -0.15) is 0 Å². The maximum atomic E-state index is 11.3. The summed E-state index contributed by atoms with van der Waals surface area (Å²) in [4.78, 5) is 15.8. The summed E-state index contributed by atoms with van der Waals surface area (Å²) < 4.78 is 0. The number of halogens is 1. The van der Waals surface area contributed by atoms with E-state index in [2.05, 4.69) is 10.3 Å². The van der Waals surface area contributed by atoms with Gasteiger partial charge in [0.1, 0.15) is 0 Å². The van der Waals surface area contributed by atoms with Crippen LogP contribution in [-0.2, 0) is 4.84 Å². The number of carbonyl (C=O) groups is 1. The van der Waals surface area contributed by atoms with Crippen LogP contribution in [0.2, 0.25) is 5.02 Å². The molecule has 0 unspecified atom stereocenters. The van der Waals surface area contributed by atoms with Crippen LogP contribution in [0.15, 0.2) is 18.2 Å². The monoisotopic (exact) mass is 199 g/mol. The summed E-state index contributed by atoms with van der Waals surface area (Å²) in [5, 5.41) is 0.573. The maximum absolute atomic E-state index is 11.3. The Morgan fingerprint density at radius 1 is 1.54 bits per heavy atom. The first-order valence-corrected chi connectivity index (χ1v) is 4.13. The van der Waals surface area contributed by atoms with Gasteiger partial charge in [0.05, 0.1) is 7.11 Å². The minimum atomic E-state index is -0.289. The van der Waals surface area contributed by atoms with E-state index in [0.717, 1.165) is 5.56 Å². The molecule has 0 fully saturated rings. The number of hydrogen-bond acceptors (Lipinski definition) is 2. The summed E-state index contributed by atoms with van der Waals surface area (Å²) in [5.74, 6) is -0.289. The van der Waals surface area contributed by atoms with Crippen LogP contribution in [0.1, 0.15) is 15.9 Å². The Morgan fingerprint density at radius 3 is 2.85 bits per heavy atom. The van der Waals surface area contributed by atoms with Crippen molar-refractivity contribution in [2.24, 2.45) is 0 Å². The number of carbonyl (C=O) groups excluding carboxylic acids is 1. The predicted octanol–water partition coefficient (Wildman–Crippen LogP) is 1.94. The van der Waals surface area contributed by atoms with Crippen LogP contribution in [0.4, 0.5) is 0 Å². The molecule has 0 aliphatic heterocycles. The van der Waals surface area contributed by atoms with E-state index in [1.165, 1.54) is 7.11 Å². The highest BCUT2D eigenvalue weighted by molar-refractivity contribution is 6.31. The lowest BCUT2D eigenvalue weighted by molar-refractivity contribution is 0.0537. The Labute approximate surface area is 81.6 Å². The standard InChI is InChI=1S/C9H10ClNO2/c1-6-7(9(12)11-13-2)4-3-5-8(6)10/h3-5H,1-2H3,(H,11,12). The molecule has 0 heterocycles. The molecule has 3 nitrogen and oxygen atoms in total. The van der Waals surface area contributed by atoms with Gasteiger partial charge in [-0.25, -0.2) is 5.48 Å². The van der Waals surface area contributed by atoms with Gasteiger partial charge in [-0.05, 0) is 24.6 Å². The third-order valence-corrected chi connectivity index (χ3v) is 2.12. The molecule has 1 aromatic carbocycles. The molecule has 0 saturated heterocycles. The van der Waals surface area contributed by atoms with Crippen LogP contribution >= 0.6 is 11.6 Å². The first-order chi connectivity index (χ1) is 6.16. The zero-order valence-corrected chi connectivity index (χ0v) is 8.18. The first kappa shape index (κ1) is 10.0. The second-order valence-electron chi connectivity index (χ2n) is 2.55. The van der Waals surface area contributed by atoms with Gasteiger partial charge in [-0.1, -0.05) is 17.7 Å². The van der Waals surface area contributed by atoms with E-state index < -0.39 is 0 Å². The third-order valence-electron chi connectivity index (χ3n) is 1.71. The van der Waals surface area contributed by atoms with Gasteiger partial charge in [0.15, 0.2) is 0 Å². The third kappa shape index (κ3) is 2.20. The Morgan fingerprint density at radius 2 is 2.23 bits per heavy atom. The molecule has 13 heavy (non-hydrogen) atoms. The fourth-order valence-electron chi connectivity index (χ4n) is 1.00. The number of amides is 1. The Hall–Kier alpha value is -1.06. The first-order valence-electron chi connectivity index (χ1n) is 3.75. The lowest BCUT2D eigenvalue weighted by Crippen LogP contribution is -2.22. The summed E-state index contributed by atoms with van der Waals surface area (Å²) >= 11 is 5.84. The van der Waals surface area contributed by atoms with Crippen molar-refractivity contribution in [3.63, 3.8) is 0 Å². The van der Waals surface area contributed by atoms with Gasteiger partial charge < -0.3 is 0 Å². The smallest absolute Gasteiger partial charge is 0.275 e. The molecule has 4 heteroatoms. The number of benzene rings is 1. The molecule has 0 aliphatic rings. The van der Waals surface area contributed by atoms with Crippen molar-refractivity contribution in [3.8, 4) is 0 Å². The summed E-state index contributed by atoms with van der Waals surface area (Å²) in [6.07, 6.45) is 0. The molecule has 0 atom stereocenters. The molecule has 1 rings (SSSR count). The molecule has 0 radical (unpaired) electrons. The Kier molecular flexibility index (Phi) is 3.28. The van der Waals surface area contributed by atoms with Gasteiger partial charge in [-0.3, -0.25) is 9.63 Å².